The van der Waals surface area contributed by atoms with E-state index in [2.05, 4.69) is 60.3 Å². The van der Waals surface area contributed by atoms with Gasteiger partial charge in [-0.25, -0.2) is 28.6 Å². The third-order valence-corrected chi connectivity index (χ3v) is 16.1. The second-order valence-corrected chi connectivity index (χ2v) is 23.8. The first-order chi connectivity index (χ1) is 37.4. The number of hydrogen-bond acceptors (Lipinski definition) is 26. The summed E-state index contributed by atoms with van der Waals surface area (Å²) in [5, 5.41) is 44.1. The maximum atomic E-state index is 13.2. The number of thioether (sulfide) groups is 1. The number of aliphatic carboxylic acids is 1. The summed E-state index contributed by atoms with van der Waals surface area (Å²) >= 11 is 0.729. The van der Waals surface area contributed by atoms with Gasteiger partial charge >= 0.3 is 29.4 Å². The van der Waals surface area contributed by atoms with E-state index in [0.29, 0.717) is 30.3 Å². The topological polar surface area (TPSA) is 529 Å². The number of imidazole rings is 1. The summed E-state index contributed by atoms with van der Waals surface area (Å²) in [6.07, 6.45) is -8.05. The molecule has 1 aromatic carbocycles. The maximum absolute atomic E-state index is 13.2. The van der Waals surface area contributed by atoms with E-state index in [-0.39, 0.29) is 66.2 Å². The number of hydrogen-bond donors (Lipinski definition) is 15. The predicted molar refractivity (Wildman–Crippen MR) is 280 cm³/mol. The number of aromatic amines is 1. The van der Waals surface area contributed by atoms with Crippen molar-refractivity contribution in [1.82, 2.24) is 45.4 Å². The molecule has 1 fully saturated rings. The Balaban J connectivity index is 0.891. The lowest BCUT2D eigenvalue weighted by atomic mass is 9.87. The first kappa shape index (κ1) is 63.0. The smallest absolute Gasteiger partial charge is 0.481 e. The fourth-order valence-corrected chi connectivity index (χ4v) is 11.4. The van der Waals surface area contributed by atoms with Crippen molar-refractivity contribution in [3.05, 3.63) is 52.8 Å². The number of ether oxygens (including phenoxy) is 1. The number of benzene rings is 1. The summed E-state index contributed by atoms with van der Waals surface area (Å²) < 4.78 is 62.6. The van der Waals surface area contributed by atoms with E-state index in [1.165, 1.54) is 26.0 Å². The van der Waals surface area contributed by atoms with Gasteiger partial charge < -0.3 is 82.6 Å². The molecule has 9 unspecified atom stereocenters. The molecule has 0 radical (unpaired) electrons. The minimum absolute atomic E-state index is 0.00228. The molecule has 440 valence electrons. The number of nitrogens with one attached hydrogen (secondary N) is 6. The Labute approximate surface area is 456 Å². The molecule has 2 aliphatic heterocycles. The number of nitrogen functional groups attached to an aromatic ring is 2. The molecular weight excluding hydrogens is 1150 g/mol. The molecule has 39 heteroatoms. The number of fused-ring (bicyclic) bond motifs is 2. The van der Waals surface area contributed by atoms with E-state index in [1.807, 2.05) is 0 Å². The Bertz CT molecular complexity index is 3120. The first-order valence-electron chi connectivity index (χ1n) is 23.7. The number of rotatable bonds is 28. The number of amides is 3. The number of nitrogens with two attached hydrogens (primary N) is 2. The lowest BCUT2D eigenvalue weighted by molar-refractivity contribution is -0.138. The van der Waals surface area contributed by atoms with E-state index >= 15 is 0 Å². The number of phosphoric acid groups is 3. The summed E-state index contributed by atoms with van der Waals surface area (Å²) in [5.74, 6) is -3.23. The minimum Gasteiger partial charge on any atom is -0.481 e. The third-order valence-electron chi connectivity index (χ3n) is 12.0. The van der Waals surface area contributed by atoms with Gasteiger partial charge in [0, 0.05) is 68.5 Å². The molecule has 0 aliphatic carbocycles. The van der Waals surface area contributed by atoms with Crippen LogP contribution in [0.15, 0.2) is 41.7 Å². The standard InChI is InChI=1S/C41H59N14O21P3S/c1-41(2,17-73-79(70,71)76-78(68,69)72-16-24-30(75-77(65,66)67)29(59)38(74-24)55-19-50-27-32(42)48-18-49-34(27)55)31(60)37(63)45-11-10-25(56)44-12-13-80-39(64)23(8-9-26(57)58)51-35(61)20-4-6-21(7-5-20)46-14-22-15-47-33-28(54(22)3)36(62)53-40(43)52-33/h4-7,18-19,22-24,29-31,38,46,59-60H,8-17H2,1-3H3,(H,44,56)(H,45,63)(H,51,61)(H,57,58)(H,68,69)(H,70,71)(H2,42,48,49)(H2,65,66,67)(H4,43,47,52,53,62). The molecule has 35 nitrogen and oxygen atoms in total. The number of anilines is 5. The van der Waals surface area contributed by atoms with Crippen LogP contribution in [-0.2, 0) is 55.5 Å². The van der Waals surface area contributed by atoms with Gasteiger partial charge in [-0.2, -0.15) is 9.29 Å². The fraction of sp³-hybridized carbons (Fsp3) is 0.512. The highest BCUT2D eigenvalue weighted by Gasteiger charge is 2.50. The molecule has 3 aromatic heterocycles. The zero-order chi connectivity index (χ0) is 58.9. The molecule has 9 atom stereocenters. The third kappa shape index (κ3) is 17.2. The number of aromatic nitrogens is 6. The lowest BCUT2D eigenvalue weighted by Crippen LogP contribution is -2.48. The van der Waals surface area contributed by atoms with Gasteiger partial charge in [0.25, 0.3) is 11.5 Å². The Hall–Kier alpha value is -6.20. The Morgan fingerprint density at radius 1 is 0.988 bits per heavy atom. The van der Waals surface area contributed by atoms with Gasteiger partial charge in [-0.15, -0.1) is 0 Å². The zero-order valence-corrected chi connectivity index (χ0v) is 46.0. The van der Waals surface area contributed by atoms with Crippen LogP contribution >= 0.6 is 35.2 Å². The van der Waals surface area contributed by atoms with Crippen molar-refractivity contribution in [2.24, 2.45) is 5.41 Å². The van der Waals surface area contributed by atoms with Gasteiger partial charge in [0.2, 0.25) is 22.9 Å². The lowest BCUT2D eigenvalue weighted by Gasteiger charge is -2.35. The van der Waals surface area contributed by atoms with Gasteiger partial charge in [-0.3, -0.25) is 51.9 Å². The quantitative estimate of drug-likeness (QED) is 0.0223. The number of carbonyl (C=O) groups excluding carboxylic acids is 4. The molecule has 2 aliphatic rings. The van der Waals surface area contributed by atoms with Crippen LogP contribution in [0, 0.1) is 5.41 Å². The Morgan fingerprint density at radius 2 is 1.69 bits per heavy atom. The second kappa shape index (κ2) is 26.6. The van der Waals surface area contributed by atoms with Gasteiger partial charge in [0.1, 0.15) is 41.9 Å². The monoisotopic (exact) mass is 1210 g/mol. The first-order valence-corrected chi connectivity index (χ1v) is 29.2. The number of likely N-dealkylation sites (N-methyl/N-ethyl adjacent to an activating group) is 1. The van der Waals surface area contributed by atoms with Crippen molar-refractivity contribution in [1.29, 1.82) is 0 Å². The Kier molecular flexibility index (Phi) is 20.9. The van der Waals surface area contributed by atoms with E-state index in [9.17, 15) is 77.4 Å². The number of carbonyl (C=O) groups is 5. The highest BCUT2D eigenvalue weighted by Crippen LogP contribution is 2.61. The number of carboxylic acid groups (broad SMARTS) is 1. The highest BCUT2D eigenvalue weighted by molar-refractivity contribution is 8.13. The van der Waals surface area contributed by atoms with Gasteiger partial charge in [0.05, 0.1) is 31.6 Å². The average molecular weight is 1210 g/mol. The molecule has 6 rings (SSSR count). The van der Waals surface area contributed by atoms with E-state index < -0.39 is 120 Å². The molecule has 0 spiro atoms. The molecule has 17 N–H and O–H groups in total. The van der Waals surface area contributed by atoms with E-state index in [0.717, 1.165) is 29.0 Å². The summed E-state index contributed by atoms with van der Waals surface area (Å²) in [5.41, 5.74) is 10.5. The van der Waals surface area contributed by atoms with Gasteiger partial charge in [-0.05, 0) is 30.7 Å². The van der Waals surface area contributed by atoms with Crippen LogP contribution in [-0.4, -0.2) is 182 Å². The minimum atomic E-state index is -5.65. The average Bonchev–Trinajstić information content (AvgIpc) is 3.97. The van der Waals surface area contributed by atoms with Crippen LogP contribution in [0.2, 0.25) is 0 Å². The van der Waals surface area contributed by atoms with Crippen LogP contribution in [0.4, 0.5) is 29.0 Å². The molecule has 4 aromatic rings. The van der Waals surface area contributed by atoms with Gasteiger partial charge in [0.15, 0.2) is 23.5 Å². The number of phosphoric ester groups is 3. The number of carboxylic acids is 1. The second-order valence-electron chi connectivity index (χ2n) is 18.4. The molecule has 0 bridgehead atoms. The van der Waals surface area contributed by atoms with E-state index in [4.69, 9.17) is 25.3 Å². The van der Waals surface area contributed by atoms with Crippen LogP contribution in [0.5, 0.6) is 0 Å². The molecule has 5 heterocycles. The van der Waals surface area contributed by atoms with Crippen molar-refractivity contribution in [3.8, 4) is 0 Å². The van der Waals surface area contributed by atoms with Crippen molar-refractivity contribution in [2.45, 2.75) is 75.8 Å². The van der Waals surface area contributed by atoms with Crippen LogP contribution in [0.25, 0.3) is 11.2 Å². The summed E-state index contributed by atoms with van der Waals surface area (Å²) in [6.45, 7) is 0.714. The van der Waals surface area contributed by atoms with Crippen LogP contribution in [0.1, 0.15) is 49.7 Å². The number of H-pyrrole nitrogens is 1. The SMILES string of the molecule is CN1c2c(nc(N)[nH]c2=O)NCC1CNc1ccc(C(=O)NC(CCC(=O)O)C(=O)SCCNC(=O)CCNC(=O)C(O)C(C)(C)COP(=O)(O)OP(=O)(O)OCC2OC(n3cnc4c(N)ncnc43)C(O)C2OP(=O)(O)O)cc1. The maximum Gasteiger partial charge on any atom is 0.481 e. The molecule has 3 amide bonds. The van der Waals surface area contributed by atoms with Crippen molar-refractivity contribution in [2.75, 3.05) is 79.2 Å². The normalized spacial score (nSPS) is 20.6. The van der Waals surface area contributed by atoms with Crippen molar-refractivity contribution < 1.29 is 95.2 Å². The number of nitrogens with zero attached hydrogens (tertiary/aromatic N) is 6. The summed E-state index contributed by atoms with van der Waals surface area (Å²) in [6, 6.07) is 4.91. The van der Waals surface area contributed by atoms with Crippen molar-refractivity contribution in [3.63, 3.8) is 0 Å². The molecular formula is C41H59N14O21P3S. The summed E-state index contributed by atoms with van der Waals surface area (Å²) in [4.78, 5) is 135. The van der Waals surface area contributed by atoms with Crippen LogP contribution in [0.3, 0.4) is 0 Å². The van der Waals surface area contributed by atoms with Crippen LogP contribution < -0.4 is 48.5 Å². The summed E-state index contributed by atoms with van der Waals surface area (Å²) in [7, 11) is -14.9. The highest BCUT2D eigenvalue weighted by atomic mass is 32.2. The number of aliphatic hydroxyl groups is 2. The molecule has 0 saturated carbocycles. The Morgan fingerprint density at radius 3 is 2.38 bits per heavy atom. The van der Waals surface area contributed by atoms with Crippen molar-refractivity contribution >= 4 is 104 Å². The largest absolute Gasteiger partial charge is 0.481 e. The zero-order valence-electron chi connectivity index (χ0n) is 42.5. The molecule has 1 saturated heterocycles. The van der Waals surface area contributed by atoms with Gasteiger partial charge in [-0.1, -0.05) is 25.6 Å². The molecule has 80 heavy (non-hydrogen) atoms. The predicted octanol–water partition coefficient (Wildman–Crippen LogP) is -1.66. The fourth-order valence-electron chi connectivity index (χ4n) is 7.79. The number of aliphatic hydroxyl groups excluding tert-OH is 2. The van der Waals surface area contributed by atoms with E-state index in [1.54, 1.807) is 24.1 Å².